The van der Waals surface area contributed by atoms with Crippen molar-refractivity contribution in [3.63, 3.8) is 0 Å². The van der Waals surface area contributed by atoms with Gasteiger partial charge in [-0.1, -0.05) is 42.5 Å². The third kappa shape index (κ3) is 7.08. The molecule has 1 unspecified atom stereocenters. The number of para-hydroxylation sites is 2. The minimum atomic E-state index is -0.108. The number of ether oxygens (including phenoxy) is 1. The highest BCUT2D eigenvalue weighted by Crippen LogP contribution is 2.39. The fraction of sp³-hybridized carbons (Fsp3) is 0.432. The summed E-state index contributed by atoms with van der Waals surface area (Å²) in [4.78, 5) is 27.4. The molecule has 2 fully saturated rings. The molecule has 5 aromatic rings. The Morgan fingerprint density at radius 2 is 1.82 bits per heavy atom. The smallest absolute Gasteiger partial charge is 0.255 e. The number of imidazole rings is 1. The Kier molecular flexibility index (Phi) is 10.2. The van der Waals surface area contributed by atoms with E-state index < -0.39 is 0 Å². The highest BCUT2D eigenvalue weighted by atomic mass is 32.2. The maximum Gasteiger partial charge on any atom is 0.255 e. The molecule has 2 aliphatic rings. The van der Waals surface area contributed by atoms with Crippen LogP contribution in [-0.2, 0) is 16.7 Å². The number of hydrogen-bond acceptors (Lipinski definition) is 9. The van der Waals surface area contributed by atoms with Gasteiger partial charge in [0, 0.05) is 56.2 Å². The maximum atomic E-state index is 14.2. The Balaban J connectivity index is 1.06. The van der Waals surface area contributed by atoms with Crippen LogP contribution in [0.4, 0.5) is 5.95 Å². The number of nitrogens with zero attached hydrogens (tertiary/aromatic N) is 9. The summed E-state index contributed by atoms with van der Waals surface area (Å²) in [5.74, 6) is 1.11. The molecule has 4 heterocycles. The number of tetrazole rings is 1. The van der Waals surface area contributed by atoms with E-state index in [2.05, 4.69) is 89.4 Å². The minimum absolute atomic E-state index is 0.0646. The van der Waals surface area contributed by atoms with Crippen molar-refractivity contribution in [1.29, 1.82) is 0 Å². The minimum Gasteiger partial charge on any atom is -0.380 e. The molecule has 256 valence electrons. The number of carbonyl (C=O) groups is 1. The average Bonchev–Trinajstić information content (AvgIpc) is 3.88. The van der Waals surface area contributed by atoms with E-state index in [0.29, 0.717) is 25.3 Å². The highest BCUT2D eigenvalue weighted by molar-refractivity contribution is 7.98. The molecule has 11 nitrogen and oxygen atoms in total. The number of benzene rings is 3. The van der Waals surface area contributed by atoms with Gasteiger partial charge in [0.15, 0.2) is 0 Å². The van der Waals surface area contributed by atoms with Crippen molar-refractivity contribution in [2.45, 2.75) is 43.0 Å². The lowest BCUT2D eigenvalue weighted by Gasteiger charge is -2.33. The first-order valence-corrected chi connectivity index (χ1v) is 18.6. The molecule has 1 amide bonds. The molecule has 7 rings (SSSR count). The van der Waals surface area contributed by atoms with Gasteiger partial charge in [0.25, 0.3) is 5.91 Å². The molecule has 0 radical (unpaired) electrons. The van der Waals surface area contributed by atoms with Crippen LogP contribution in [0.1, 0.15) is 42.1 Å². The van der Waals surface area contributed by atoms with E-state index >= 15 is 0 Å². The molecule has 0 N–H and O–H groups in total. The van der Waals surface area contributed by atoms with Gasteiger partial charge >= 0.3 is 0 Å². The summed E-state index contributed by atoms with van der Waals surface area (Å²) >= 11 is 1.59. The molecular weight excluding hydrogens is 635 g/mol. The predicted molar refractivity (Wildman–Crippen MR) is 194 cm³/mol. The van der Waals surface area contributed by atoms with Gasteiger partial charge < -0.3 is 24.0 Å². The number of hydrogen-bond donors (Lipinski definition) is 0. The highest BCUT2D eigenvalue weighted by Gasteiger charge is 2.42. The Bertz CT molecular complexity index is 1850. The SMILES string of the molecule is CCOCCn1c(N2CCCN(CCC3(c4ccccc4)CCN(C(=O)c4cc(-n5cnnn5)ccc4SC)C3)CC2)nc2ccccc21. The van der Waals surface area contributed by atoms with E-state index in [1.54, 1.807) is 22.8 Å². The van der Waals surface area contributed by atoms with Crippen LogP contribution in [0.5, 0.6) is 0 Å². The van der Waals surface area contributed by atoms with E-state index in [1.807, 2.05) is 31.4 Å². The van der Waals surface area contributed by atoms with Gasteiger partial charge in [0.2, 0.25) is 5.95 Å². The Morgan fingerprint density at radius 3 is 2.63 bits per heavy atom. The Hall–Kier alpha value is -4.26. The molecule has 49 heavy (non-hydrogen) atoms. The van der Waals surface area contributed by atoms with E-state index in [9.17, 15) is 4.79 Å². The van der Waals surface area contributed by atoms with E-state index in [-0.39, 0.29) is 11.3 Å². The molecule has 0 bridgehead atoms. The van der Waals surface area contributed by atoms with Gasteiger partial charge in [0.05, 0.1) is 28.9 Å². The van der Waals surface area contributed by atoms with Crippen molar-refractivity contribution in [3.05, 3.63) is 90.3 Å². The van der Waals surface area contributed by atoms with Crippen molar-refractivity contribution in [2.75, 3.05) is 70.2 Å². The van der Waals surface area contributed by atoms with Gasteiger partial charge in [-0.05, 0) is 91.9 Å². The average molecular weight is 680 g/mol. The fourth-order valence-corrected chi connectivity index (χ4v) is 8.04. The normalized spacial score (nSPS) is 18.7. The monoisotopic (exact) mass is 679 g/mol. The zero-order chi connectivity index (χ0) is 33.6. The molecule has 2 aromatic heterocycles. The summed E-state index contributed by atoms with van der Waals surface area (Å²) in [6, 6.07) is 25.1. The van der Waals surface area contributed by atoms with Crippen LogP contribution < -0.4 is 4.90 Å². The van der Waals surface area contributed by atoms with Gasteiger partial charge in [-0.25, -0.2) is 9.67 Å². The second kappa shape index (κ2) is 15.1. The number of fused-ring (bicyclic) bond motifs is 1. The molecule has 0 saturated carbocycles. The second-order valence-electron chi connectivity index (χ2n) is 12.9. The lowest BCUT2D eigenvalue weighted by atomic mass is 9.76. The molecular formula is C37H45N9O2S. The molecule has 1 atom stereocenters. The van der Waals surface area contributed by atoms with Crippen molar-refractivity contribution in [2.24, 2.45) is 0 Å². The first kappa shape index (κ1) is 33.2. The standard InChI is InChI=1S/C37H45N9O2S/c1-3-48-25-24-45-33-13-8-7-12-32(33)39-36(45)43-19-9-18-42(22-23-43)20-16-37(29-10-5-4-6-11-29)17-21-44(27-37)35(47)31-26-30(14-15-34(31)49-2)46-28-38-40-41-46/h4-8,10-15,26,28H,3,9,16-25,27H2,1-2H3. The van der Waals surface area contributed by atoms with Crippen LogP contribution in [0.3, 0.4) is 0 Å². The third-order valence-corrected chi connectivity index (χ3v) is 10.9. The van der Waals surface area contributed by atoms with E-state index in [4.69, 9.17) is 9.72 Å². The lowest BCUT2D eigenvalue weighted by molar-refractivity contribution is 0.0777. The zero-order valence-electron chi connectivity index (χ0n) is 28.4. The summed E-state index contributed by atoms with van der Waals surface area (Å²) in [6.07, 6.45) is 6.58. The maximum absolute atomic E-state index is 14.2. The molecule has 3 aromatic carbocycles. The van der Waals surface area contributed by atoms with E-state index in [1.165, 1.54) is 5.56 Å². The van der Waals surface area contributed by atoms with Crippen molar-refractivity contribution < 1.29 is 9.53 Å². The third-order valence-electron chi connectivity index (χ3n) is 10.1. The molecule has 0 aliphatic carbocycles. The lowest BCUT2D eigenvalue weighted by Crippen LogP contribution is -2.39. The summed E-state index contributed by atoms with van der Waals surface area (Å²) in [6.45, 7) is 10.5. The van der Waals surface area contributed by atoms with Gasteiger partial charge in [-0.2, -0.15) is 0 Å². The number of rotatable bonds is 12. The second-order valence-corrected chi connectivity index (χ2v) is 13.8. The van der Waals surface area contributed by atoms with E-state index in [0.717, 1.165) is 92.6 Å². The molecule has 2 aliphatic heterocycles. The number of likely N-dealkylation sites (tertiary alicyclic amines) is 1. The van der Waals surface area contributed by atoms with Crippen LogP contribution in [0, 0.1) is 0 Å². The summed E-state index contributed by atoms with van der Waals surface area (Å²) in [5.41, 5.74) is 4.88. The summed E-state index contributed by atoms with van der Waals surface area (Å²) in [7, 11) is 0. The first-order chi connectivity index (χ1) is 24.1. The number of thioether (sulfide) groups is 1. The topological polar surface area (TPSA) is 97.4 Å². The van der Waals surface area contributed by atoms with Gasteiger partial charge in [0.1, 0.15) is 6.33 Å². The van der Waals surface area contributed by atoms with Crippen LogP contribution in [0.15, 0.2) is 84.0 Å². The largest absolute Gasteiger partial charge is 0.380 e. The summed E-state index contributed by atoms with van der Waals surface area (Å²) in [5, 5.41) is 11.6. The number of anilines is 1. The van der Waals surface area contributed by atoms with Crippen molar-refractivity contribution in [1.82, 2.24) is 39.6 Å². The fourth-order valence-electron chi connectivity index (χ4n) is 7.47. The van der Waals surface area contributed by atoms with Crippen molar-refractivity contribution >= 4 is 34.7 Å². The predicted octanol–water partition coefficient (Wildman–Crippen LogP) is 5.16. The Morgan fingerprint density at radius 1 is 0.959 bits per heavy atom. The van der Waals surface area contributed by atoms with Gasteiger partial charge in [-0.15, -0.1) is 16.9 Å². The quantitative estimate of drug-likeness (QED) is 0.131. The number of aromatic nitrogens is 6. The van der Waals surface area contributed by atoms with Crippen LogP contribution >= 0.6 is 11.8 Å². The van der Waals surface area contributed by atoms with Crippen LogP contribution in [0.2, 0.25) is 0 Å². The van der Waals surface area contributed by atoms with Crippen LogP contribution in [-0.4, -0.2) is 111 Å². The van der Waals surface area contributed by atoms with Gasteiger partial charge in [-0.3, -0.25) is 4.79 Å². The molecule has 12 heteroatoms. The first-order valence-electron chi connectivity index (χ1n) is 17.3. The number of carbonyl (C=O) groups excluding carboxylic acids is 1. The molecule has 2 saturated heterocycles. The molecule has 0 spiro atoms. The van der Waals surface area contributed by atoms with Crippen molar-refractivity contribution in [3.8, 4) is 5.69 Å². The summed E-state index contributed by atoms with van der Waals surface area (Å²) < 4.78 is 9.66. The van der Waals surface area contributed by atoms with Crippen LogP contribution in [0.25, 0.3) is 16.7 Å². The Labute approximate surface area is 292 Å². The zero-order valence-corrected chi connectivity index (χ0v) is 29.3. The number of amides is 1.